The maximum absolute atomic E-state index is 12.0. The molecule has 0 fully saturated rings. The summed E-state index contributed by atoms with van der Waals surface area (Å²) in [4.78, 5) is 12.0. The molecule has 0 N–H and O–H groups in total. The summed E-state index contributed by atoms with van der Waals surface area (Å²) in [5.41, 5.74) is 2.89. The lowest BCUT2D eigenvalue weighted by atomic mass is 10.0. The number of hydrogen-bond donors (Lipinski definition) is 0. The summed E-state index contributed by atoms with van der Waals surface area (Å²) in [5.74, 6) is 0.729. The Labute approximate surface area is 107 Å². The molecule has 0 aliphatic carbocycles. The number of carbonyl (C=O) groups excluding carboxylic acids is 1. The van der Waals surface area contributed by atoms with Gasteiger partial charge in [0, 0.05) is 5.56 Å². The number of ether oxygens (including phenoxy) is 1. The van der Waals surface area contributed by atoms with Crippen LogP contribution in [0.5, 0.6) is 5.75 Å². The summed E-state index contributed by atoms with van der Waals surface area (Å²) in [6.07, 6.45) is 0. The summed E-state index contributed by atoms with van der Waals surface area (Å²) in [6.45, 7) is 4.04. The van der Waals surface area contributed by atoms with Gasteiger partial charge in [-0.05, 0) is 31.5 Å². The Morgan fingerprint density at radius 3 is 2.44 bits per heavy atom. The number of carbonyl (C=O) groups is 1. The molecule has 18 heavy (non-hydrogen) atoms. The van der Waals surface area contributed by atoms with E-state index in [-0.39, 0.29) is 12.4 Å². The van der Waals surface area contributed by atoms with E-state index in [1.807, 2.05) is 62.4 Å². The number of Topliss-reactive ketones (excluding diaryl/α,β-unsaturated/α-hetero) is 1. The van der Waals surface area contributed by atoms with E-state index in [1.165, 1.54) is 0 Å². The van der Waals surface area contributed by atoms with Gasteiger partial charge >= 0.3 is 0 Å². The Morgan fingerprint density at radius 1 is 1.06 bits per heavy atom. The van der Waals surface area contributed by atoms with E-state index in [1.54, 1.807) is 0 Å². The average molecular weight is 240 g/mol. The minimum absolute atomic E-state index is 0.0105. The summed E-state index contributed by atoms with van der Waals surface area (Å²) in [7, 11) is 0. The smallest absolute Gasteiger partial charge is 0.200 e. The van der Waals surface area contributed by atoms with Crippen LogP contribution in [0.15, 0.2) is 48.5 Å². The first-order valence-corrected chi connectivity index (χ1v) is 5.95. The van der Waals surface area contributed by atoms with Crippen molar-refractivity contribution in [3.63, 3.8) is 0 Å². The second-order valence-corrected chi connectivity index (χ2v) is 4.34. The zero-order valence-electron chi connectivity index (χ0n) is 10.6. The lowest BCUT2D eigenvalue weighted by molar-refractivity contribution is 0.0921. The van der Waals surface area contributed by atoms with Crippen LogP contribution in [0.25, 0.3) is 0 Å². The van der Waals surface area contributed by atoms with E-state index in [4.69, 9.17) is 4.74 Å². The van der Waals surface area contributed by atoms with Crippen molar-refractivity contribution in [2.75, 3.05) is 6.61 Å². The molecule has 0 saturated heterocycles. The predicted octanol–water partition coefficient (Wildman–Crippen LogP) is 3.57. The van der Waals surface area contributed by atoms with Gasteiger partial charge in [0.1, 0.15) is 5.75 Å². The Hall–Kier alpha value is -2.09. The van der Waals surface area contributed by atoms with Crippen LogP contribution in [0.1, 0.15) is 21.5 Å². The van der Waals surface area contributed by atoms with Gasteiger partial charge in [-0.3, -0.25) is 4.79 Å². The van der Waals surface area contributed by atoms with Crippen LogP contribution in [-0.2, 0) is 0 Å². The largest absolute Gasteiger partial charge is 0.485 e. The molecule has 0 amide bonds. The summed E-state index contributed by atoms with van der Waals surface area (Å²) >= 11 is 0. The fourth-order valence-electron chi connectivity index (χ4n) is 1.87. The highest BCUT2D eigenvalue weighted by Gasteiger charge is 2.09. The van der Waals surface area contributed by atoms with E-state index in [0.29, 0.717) is 0 Å². The summed E-state index contributed by atoms with van der Waals surface area (Å²) < 4.78 is 5.46. The van der Waals surface area contributed by atoms with Crippen LogP contribution >= 0.6 is 0 Å². The van der Waals surface area contributed by atoms with Gasteiger partial charge in [0.2, 0.25) is 0 Å². The lowest BCUT2D eigenvalue weighted by Gasteiger charge is -2.08. The van der Waals surface area contributed by atoms with Crippen molar-refractivity contribution in [1.29, 1.82) is 0 Å². The molecule has 0 heterocycles. The molecule has 0 aromatic heterocycles. The third kappa shape index (κ3) is 2.98. The zero-order chi connectivity index (χ0) is 13.0. The first-order valence-electron chi connectivity index (χ1n) is 5.95. The molecule has 2 rings (SSSR count). The topological polar surface area (TPSA) is 26.3 Å². The minimum Gasteiger partial charge on any atom is -0.485 e. The standard InChI is InChI=1S/C16H16O2/c1-12-8-9-15(13(2)10-12)16(17)11-18-14-6-4-3-5-7-14/h3-10H,11H2,1-2H3. The van der Waals surface area contributed by atoms with Crippen molar-refractivity contribution in [2.24, 2.45) is 0 Å². The minimum atomic E-state index is 0.0105. The second kappa shape index (κ2) is 5.50. The Bertz CT molecular complexity index is 544. The number of benzene rings is 2. The average Bonchev–Trinajstić information content (AvgIpc) is 2.37. The van der Waals surface area contributed by atoms with Gasteiger partial charge in [-0.15, -0.1) is 0 Å². The molecule has 2 aromatic rings. The van der Waals surface area contributed by atoms with Crippen LogP contribution in [-0.4, -0.2) is 12.4 Å². The van der Waals surface area contributed by atoms with E-state index < -0.39 is 0 Å². The monoisotopic (exact) mass is 240 g/mol. The lowest BCUT2D eigenvalue weighted by Crippen LogP contribution is -2.12. The Morgan fingerprint density at radius 2 is 1.78 bits per heavy atom. The molecule has 0 unspecified atom stereocenters. The molecular weight excluding hydrogens is 224 g/mol. The number of ketones is 1. The third-order valence-electron chi connectivity index (χ3n) is 2.80. The highest BCUT2D eigenvalue weighted by molar-refractivity contribution is 5.98. The zero-order valence-corrected chi connectivity index (χ0v) is 10.6. The van der Waals surface area contributed by atoms with Gasteiger partial charge in [-0.1, -0.05) is 42.0 Å². The van der Waals surface area contributed by atoms with E-state index in [9.17, 15) is 4.79 Å². The SMILES string of the molecule is Cc1ccc(C(=O)COc2ccccc2)c(C)c1. The molecule has 92 valence electrons. The molecule has 2 aromatic carbocycles. The maximum Gasteiger partial charge on any atom is 0.200 e. The normalized spacial score (nSPS) is 10.1. The maximum atomic E-state index is 12.0. The first-order chi connectivity index (χ1) is 8.66. The molecular formula is C16H16O2. The predicted molar refractivity (Wildman–Crippen MR) is 72.2 cm³/mol. The molecule has 0 aliphatic rings. The van der Waals surface area contributed by atoms with E-state index >= 15 is 0 Å². The van der Waals surface area contributed by atoms with Gasteiger partial charge in [0.15, 0.2) is 12.4 Å². The van der Waals surface area contributed by atoms with Crippen molar-refractivity contribution in [3.8, 4) is 5.75 Å². The Balaban J connectivity index is 2.04. The summed E-state index contributed by atoms with van der Waals surface area (Å²) in [5, 5.41) is 0. The highest BCUT2D eigenvalue weighted by atomic mass is 16.5. The van der Waals surface area contributed by atoms with Crippen LogP contribution in [0.2, 0.25) is 0 Å². The van der Waals surface area contributed by atoms with Gasteiger partial charge in [-0.2, -0.15) is 0 Å². The van der Waals surface area contributed by atoms with E-state index in [0.717, 1.165) is 22.4 Å². The van der Waals surface area contributed by atoms with Crippen LogP contribution in [0, 0.1) is 13.8 Å². The first kappa shape index (κ1) is 12.4. The quantitative estimate of drug-likeness (QED) is 0.764. The molecule has 0 bridgehead atoms. The molecule has 2 nitrogen and oxygen atoms in total. The van der Waals surface area contributed by atoms with Gasteiger partial charge in [0.25, 0.3) is 0 Å². The van der Waals surface area contributed by atoms with E-state index in [2.05, 4.69) is 0 Å². The summed E-state index contributed by atoms with van der Waals surface area (Å²) in [6, 6.07) is 15.2. The molecule has 0 radical (unpaired) electrons. The number of aryl methyl sites for hydroxylation is 2. The van der Waals surface area contributed by atoms with Crippen molar-refractivity contribution >= 4 is 5.78 Å². The fraction of sp³-hybridized carbons (Fsp3) is 0.188. The number of para-hydroxylation sites is 1. The van der Waals surface area contributed by atoms with Crippen molar-refractivity contribution < 1.29 is 9.53 Å². The molecule has 2 heteroatoms. The van der Waals surface area contributed by atoms with Crippen molar-refractivity contribution in [1.82, 2.24) is 0 Å². The van der Waals surface area contributed by atoms with Gasteiger partial charge in [-0.25, -0.2) is 0 Å². The molecule has 0 saturated carbocycles. The number of rotatable bonds is 4. The third-order valence-corrected chi connectivity index (χ3v) is 2.80. The van der Waals surface area contributed by atoms with Gasteiger partial charge < -0.3 is 4.74 Å². The fourth-order valence-corrected chi connectivity index (χ4v) is 1.87. The molecule has 0 aliphatic heterocycles. The Kier molecular flexibility index (Phi) is 3.78. The van der Waals surface area contributed by atoms with Gasteiger partial charge in [0.05, 0.1) is 0 Å². The molecule has 0 atom stereocenters. The van der Waals surface area contributed by atoms with Crippen LogP contribution in [0.4, 0.5) is 0 Å². The van der Waals surface area contributed by atoms with Crippen molar-refractivity contribution in [2.45, 2.75) is 13.8 Å². The van der Waals surface area contributed by atoms with Crippen LogP contribution in [0.3, 0.4) is 0 Å². The number of hydrogen-bond acceptors (Lipinski definition) is 2. The van der Waals surface area contributed by atoms with Crippen molar-refractivity contribution in [3.05, 3.63) is 65.2 Å². The molecule has 0 spiro atoms. The highest BCUT2D eigenvalue weighted by Crippen LogP contribution is 2.13. The van der Waals surface area contributed by atoms with Crippen LogP contribution < -0.4 is 4.74 Å². The second-order valence-electron chi connectivity index (χ2n) is 4.34.